The number of nitrogens with one attached hydrogen (secondary N) is 1. The predicted molar refractivity (Wildman–Crippen MR) is 54.4 cm³/mol. The van der Waals surface area contributed by atoms with E-state index < -0.39 is 0 Å². The molecule has 0 radical (unpaired) electrons. The molecule has 0 aliphatic carbocycles. The molecule has 0 amide bonds. The molecule has 0 spiro atoms. The molecule has 1 aromatic heterocycles. The maximum absolute atomic E-state index is 9.53. The van der Waals surface area contributed by atoms with Crippen molar-refractivity contribution < 1.29 is 10.2 Å². The SMILES string of the molecule is NCCc1c[nH]c2c(O)c(O)ccc12. The summed E-state index contributed by atoms with van der Waals surface area (Å²) in [7, 11) is 0. The molecular formula is C10H12N2O2. The van der Waals surface area contributed by atoms with Crippen molar-refractivity contribution in [3.05, 3.63) is 23.9 Å². The van der Waals surface area contributed by atoms with E-state index in [2.05, 4.69) is 4.98 Å². The van der Waals surface area contributed by atoms with Gasteiger partial charge in [-0.05, 0) is 30.7 Å². The highest BCUT2D eigenvalue weighted by Crippen LogP contribution is 2.34. The number of hydrogen-bond donors (Lipinski definition) is 4. The Labute approximate surface area is 81.0 Å². The van der Waals surface area contributed by atoms with E-state index >= 15 is 0 Å². The Balaban J connectivity index is 2.64. The van der Waals surface area contributed by atoms with E-state index in [0.717, 1.165) is 17.4 Å². The van der Waals surface area contributed by atoms with Crippen LogP contribution < -0.4 is 5.73 Å². The summed E-state index contributed by atoms with van der Waals surface area (Å²) in [5.41, 5.74) is 7.07. The van der Waals surface area contributed by atoms with E-state index in [1.54, 1.807) is 12.3 Å². The second-order valence-electron chi connectivity index (χ2n) is 3.21. The Morgan fingerprint density at radius 1 is 1.29 bits per heavy atom. The van der Waals surface area contributed by atoms with Gasteiger partial charge in [0, 0.05) is 11.6 Å². The van der Waals surface area contributed by atoms with Gasteiger partial charge >= 0.3 is 0 Å². The minimum Gasteiger partial charge on any atom is -0.504 e. The van der Waals surface area contributed by atoms with Crippen LogP contribution in [0.4, 0.5) is 0 Å². The molecule has 5 N–H and O–H groups in total. The Bertz CT molecular complexity index is 462. The second kappa shape index (κ2) is 3.23. The molecule has 4 heteroatoms. The van der Waals surface area contributed by atoms with Crippen molar-refractivity contribution >= 4 is 10.9 Å². The van der Waals surface area contributed by atoms with E-state index in [0.29, 0.717) is 12.1 Å². The smallest absolute Gasteiger partial charge is 0.182 e. The van der Waals surface area contributed by atoms with Gasteiger partial charge in [-0.15, -0.1) is 0 Å². The minimum absolute atomic E-state index is 0.106. The first-order valence-corrected chi connectivity index (χ1v) is 4.45. The zero-order chi connectivity index (χ0) is 10.1. The number of nitrogens with two attached hydrogens (primary N) is 1. The predicted octanol–water partition coefficient (Wildman–Crippen LogP) is 1.08. The van der Waals surface area contributed by atoms with Gasteiger partial charge in [0.25, 0.3) is 0 Å². The van der Waals surface area contributed by atoms with Crippen LogP contribution in [0.5, 0.6) is 11.5 Å². The summed E-state index contributed by atoms with van der Waals surface area (Å²) in [5, 5.41) is 19.7. The summed E-state index contributed by atoms with van der Waals surface area (Å²) in [4.78, 5) is 2.92. The Morgan fingerprint density at radius 3 is 2.79 bits per heavy atom. The first-order chi connectivity index (χ1) is 6.74. The summed E-state index contributed by atoms with van der Waals surface area (Å²) in [5.74, 6) is -0.218. The highest BCUT2D eigenvalue weighted by Gasteiger charge is 2.09. The van der Waals surface area contributed by atoms with Gasteiger partial charge < -0.3 is 20.9 Å². The van der Waals surface area contributed by atoms with Gasteiger partial charge in [-0.25, -0.2) is 0 Å². The van der Waals surface area contributed by atoms with Crippen molar-refractivity contribution in [2.75, 3.05) is 6.54 Å². The van der Waals surface area contributed by atoms with Crippen LogP contribution >= 0.6 is 0 Å². The molecule has 74 valence electrons. The van der Waals surface area contributed by atoms with Gasteiger partial charge in [-0.1, -0.05) is 0 Å². The molecular weight excluding hydrogens is 180 g/mol. The number of phenols is 2. The maximum atomic E-state index is 9.53. The third-order valence-electron chi connectivity index (χ3n) is 2.31. The molecule has 0 aliphatic rings. The topological polar surface area (TPSA) is 82.3 Å². The molecule has 0 saturated heterocycles. The van der Waals surface area contributed by atoms with Crippen molar-refractivity contribution in [3.63, 3.8) is 0 Å². The summed E-state index contributed by atoms with van der Waals surface area (Å²) in [6, 6.07) is 3.25. The van der Waals surface area contributed by atoms with Crippen LogP contribution in [-0.4, -0.2) is 21.7 Å². The highest BCUT2D eigenvalue weighted by atomic mass is 16.3. The Hall–Kier alpha value is -1.68. The first-order valence-electron chi connectivity index (χ1n) is 4.45. The van der Waals surface area contributed by atoms with E-state index in [4.69, 9.17) is 5.73 Å². The van der Waals surface area contributed by atoms with E-state index in [1.807, 2.05) is 0 Å². The molecule has 0 aliphatic heterocycles. The van der Waals surface area contributed by atoms with E-state index in [1.165, 1.54) is 6.07 Å². The average Bonchev–Trinajstić information content (AvgIpc) is 2.57. The molecule has 0 atom stereocenters. The molecule has 14 heavy (non-hydrogen) atoms. The van der Waals surface area contributed by atoms with Crippen molar-refractivity contribution in [1.82, 2.24) is 4.98 Å². The summed E-state index contributed by atoms with van der Waals surface area (Å²) < 4.78 is 0. The number of rotatable bonds is 2. The molecule has 4 nitrogen and oxygen atoms in total. The van der Waals surface area contributed by atoms with Gasteiger partial charge in [0.15, 0.2) is 11.5 Å². The lowest BCUT2D eigenvalue weighted by atomic mass is 10.1. The maximum Gasteiger partial charge on any atom is 0.182 e. The zero-order valence-electron chi connectivity index (χ0n) is 7.62. The summed E-state index contributed by atoms with van der Waals surface area (Å²) in [6.45, 7) is 0.564. The number of aromatic hydroxyl groups is 2. The fraction of sp³-hybridized carbons (Fsp3) is 0.200. The summed E-state index contributed by atoms with van der Waals surface area (Å²) in [6.07, 6.45) is 2.56. The fourth-order valence-electron chi connectivity index (χ4n) is 1.59. The first kappa shape index (κ1) is 8.90. The quantitative estimate of drug-likeness (QED) is 0.537. The third kappa shape index (κ3) is 1.20. The molecule has 0 saturated carbocycles. The lowest BCUT2D eigenvalue weighted by Gasteiger charge is -1.99. The zero-order valence-corrected chi connectivity index (χ0v) is 7.62. The molecule has 1 heterocycles. The van der Waals surface area contributed by atoms with E-state index in [9.17, 15) is 10.2 Å². The number of aromatic nitrogens is 1. The van der Waals surface area contributed by atoms with Crippen LogP contribution in [0.3, 0.4) is 0 Å². The van der Waals surface area contributed by atoms with Gasteiger partial charge in [-0.3, -0.25) is 0 Å². The third-order valence-corrected chi connectivity index (χ3v) is 2.31. The average molecular weight is 192 g/mol. The van der Waals surface area contributed by atoms with Crippen LogP contribution in [0.2, 0.25) is 0 Å². The van der Waals surface area contributed by atoms with Crippen molar-refractivity contribution in [1.29, 1.82) is 0 Å². The van der Waals surface area contributed by atoms with Crippen molar-refractivity contribution in [2.24, 2.45) is 5.73 Å². The molecule has 1 aromatic carbocycles. The van der Waals surface area contributed by atoms with Gasteiger partial charge in [-0.2, -0.15) is 0 Å². The molecule has 0 unspecified atom stereocenters. The number of benzene rings is 1. The van der Waals surface area contributed by atoms with Gasteiger partial charge in [0.05, 0.1) is 5.52 Å². The molecule has 2 rings (SSSR count). The Morgan fingerprint density at radius 2 is 2.07 bits per heavy atom. The Kier molecular flexibility index (Phi) is 2.05. The van der Waals surface area contributed by atoms with Crippen LogP contribution in [0.15, 0.2) is 18.3 Å². The number of phenolic OH excluding ortho intramolecular Hbond substituents is 2. The number of fused-ring (bicyclic) bond motifs is 1. The highest BCUT2D eigenvalue weighted by molar-refractivity contribution is 5.90. The molecule has 2 aromatic rings. The molecule has 0 fully saturated rings. The van der Waals surface area contributed by atoms with Crippen molar-refractivity contribution in [2.45, 2.75) is 6.42 Å². The number of aromatic amines is 1. The lowest BCUT2D eigenvalue weighted by molar-refractivity contribution is 0.407. The lowest BCUT2D eigenvalue weighted by Crippen LogP contribution is -2.01. The van der Waals surface area contributed by atoms with Crippen LogP contribution in [0, 0.1) is 0 Å². The monoisotopic (exact) mass is 192 g/mol. The van der Waals surface area contributed by atoms with E-state index in [-0.39, 0.29) is 11.5 Å². The van der Waals surface area contributed by atoms with Crippen molar-refractivity contribution in [3.8, 4) is 11.5 Å². The number of H-pyrrole nitrogens is 1. The van der Waals surface area contributed by atoms with Crippen LogP contribution in [-0.2, 0) is 6.42 Å². The molecule has 0 bridgehead atoms. The minimum atomic E-state index is -0.112. The number of hydrogen-bond acceptors (Lipinski definition) is 3. The van der Waals surface area contributed by atoms with Gasteiger partial charge in [0.2, 0.25) is 0 Å². The standard InChI is InChI=1S/C10H12N2O2/c11-4-3-6-5-12-9-7(6)1-2-8(13)10(9)14/h1-2,5,12-14H,3-4,11H2. The summed E-state index contributed by atoms with van der Waals surface area (Å²) >= 11 is 0. The van der Waals surface area contributed by atoms with Crippen LogP contribution in [0.25, 0.3) is 10.9 Å². The largest absolute Gasteiger partial charge is 0.504 e. The van der Waals surface area contributed by atoms with Crippen LogP contribution in [0.1, 0.15) is 5.56 Å². The normalized spacial score (nSPS) is 10.9. The second-order valence-corrected chi connectivity index (χ2v) is 3.21. The fourth-order valence-corrected chi connectivity index (χ4v) is 1.59. The van der Waals surface area contributed by atoms with Gasteiger partial charge in [0.1, 0.15) is 0 Å².